The molecule has 2 heterocycles. The minimum Gasteiger partial charge on any atom is -0.327 e. The van der Waals surface area contributed by atoms with Crippen molar-refractivity contribution in [2.45, 2.75) is 13.3 Å². The van der Waals surface area contributed by atoms with Gasteiger partial charge in [0.05, 0.1) is 0 Å². The van der Waals surface area contributed by atoms with Gasteiger partial charge >= 0.3 is 0 Å². The molecule has 0 saturated heterocycles. The van der Waals surface area contributed by atoms with E-state index in [0.717, 1.165) is 36.8 Å². The van der Waals surface area contributed by atoms with Crippen LogP contribution in [0.5, 0.6) is 0 Å². The summed E-state index contributed by atoms with van der Waals surface area (Å²) in [4.78, 5) is 13.5. The second-order valence-corrected chi connectivity index (χ2v) is 5.84. The van der Waals surface area contributed by atoms with Gasteiger partial charge in [0.2, 0.25) is 0 Å². The van der Waals surface area contributed by atoms with E-state index in [1.807, 2.05) is 6.07 Å². The number of hydrogen-bond acceptors (Lipinski definition) is 4. The van der Waals surface area contributed by atoms with Crippen LogP contribution in [-0.2, 0) is 6.42 Å². The third-order valence-electron chi connectivity index (χ3n) is 4.46. The van der Waals surface area contributed by atoms with Crippen molar-refractivity contribution in [2.75, 3.05) is 22.9 Å². The van der Waals surface area contributed by atoms with Crippen molar-refractivity contribution in [2.24, 2.45) is 0 Å². The van der Waals surface area contributed by atoms with Crippen LogP contribution in [0.3, 0.4) is 0 Å². The van der Waals surface area contributed by atoms with Crippen LogP contribution in [0.4, 0.5) is 23.0 Å². The molecule has 0 radical (unpaired) electrons. The Morgan fingerprint density at radius 3 is 2.62 bits per heavy atom. The van der Waals surface area contributed by atoms with Crippen LogP contribution in [0.25, 0.3) is 0 Å². The van der Waals surface area contributed by atoms with Crippen LogP contribution in [0.2, 0.25) is 0 Å². The number of para-hydroxylation sites is 2. The lowest BCUT2D eigenvalue weighted by atomic mass is 10.2. The van der Waals surface area contributed by atoms with Gasteiger partial charge in [0.1, 0.15) is 18.0 Å². The Balaban J connectivity index is 1.70. The molecule has 4 nitrogen and oxygen atoms in total. The van der Waals surface area contributed by atoms with Gasteiger partial charge in [-0.3, -0.25) is 0 Å². The molecule has 0 saturated carbocycles. The fourth-order valence-corrected chi connectivity index (χ4v) is 3.29. The van der Waals surface area contributed by atoms with Crippen molar-refractivity contribution >= 4 is 23.0 Å². The zero-order chi connectivity index (χ0) is 16.4. The summed E-state index contributed by atoms with van der Waals surface area (Å²) < 4.78 is 0. The third-order valence-corrected chi connectivity index (χ3v) is 4.46. The van der Waals surface area contributed by atoms with E-state index in [9.17, 15) is 0 Å². The van der Waals surface area contributed by atoms with Gasteiger partial charge in [0.15, 0.2) is 0 Å². The summed E-state index contributed by atoms with van der Waals surface area (Å²) in [5, 5.41) is 0. The Hall–Kier alpha value is -2.88. The monoisotopic (exact) mass is 316 g/mol. The predicted molar refractivity (Wildman–Crippen MR) is 98.3 cm³/mol. The lowest BCUT2D eigenvalue weighted by Crippen LogP contribution is -2.20. The van der Waals surface area contributed by atoms with Crippen LogP contribution < -0.4 is 9.80 Å². The predicted octanol–water partition coefficient (Wildman–Crippen LogP) is 4.33. The number of rotatable bonds is 4. The summed E-state index contributed by atoms with van der Waals surface area (Å²) in [6.07, 6.45) is 2.73. The molecule has 1 aliphatic rings. The lowest BCUT2D eigenvalue weighted by molar-refractivity contribution is 0.941. The summed E-state index contributed by atoms with van der Waals surface area (Å²) in [6.45, 7) is 3.96. The number of nitrogens with zero attached hydrogens (tertiary/aromatic N) is 4. The Bertz CT molecular complexity index is 815. The average Bonchev–Trinajstić information content (AvgIpc) is 3.08. The van der Waals surface area contributed by atoms with Gasteiger partial charge in [-0.15, -0.1) is 0 Å². The van der Waals surface area contributed by atoms with Crippen molar-refractivity contribution in [3.8, 4) is 0 Å². The fourth-order valence-electron chi connectivity index (χ4n) is 3.29. The first kappa shape index (κ1) is 14.7. The highest BCUT2D eigenvalue weighted by Crippen LogP contribution is 2.34. The molecule has 0 aliphatic carbocycles. The zero-order valence-electron chi connectivity index (χ0n) is 13.8. The van der Waals surface area contributed by atoms with Crippen LogP contribution in [0.1, 0.15) is 12.5 Å². The van der Waals surface area contributed by atoms with Crippen molar-refractivity contribution < 1.29 is 0 Å². The Morgan fingerprint density at radius 1 is 1.00 bits per heavy atom. The first-order chi connectivity index (χ1) is 11.9. The summed E-state index contributed by atoms with van der Waals surface area (Å²) in [7, 11) is 0. The fraction of sp³-hybridized carbons (Fsp3) is 0.200. The number of fused-ring (bicyclic) bond motifs is 1. The first-order valence-electron chi connectivity index (χ1n) is 8.37. The largest absolute Gasteiger partial charge is 0.327 e. The van der Waals surface area contributed by atoms with Gasteiger partial charge in [-0.25, -0.2) is 9.97 Å². The van der Waals surface area contributed by atoms with Crippen molar-refractivity contribution in [3.63, 3.8) is 0 Å². The summed E-state index contributed by atoms with van der Waals surface area (Å²) >= 11 is 0. The van der Waals surface area contributed by atoms with Crippen LogP contribution >= 0.6 is 0 Å². The first-order valence-corrected chi connectivity index (χ1v) is 8.37. The Labute approximate surface area is 142 Å². The molecule has 1 aromatic heterocycles. The molecule has 4 heteroatoms. The maximum atomic E-state index is 4.52. The molecule has 2 aromatic carbocycles. The molecule has 0 unspecified atom stereocenters. The summed E-state index contributed by atoms with van der Waals surface area (Å²) in [5.74, 6) is 1.89. The van der Waals surface area contributed by atoms with E-state index in [1.165, 1.54) is 11.3 Å². The zero-order valence-corrected chi connectivity index (χ0v) is 13.8. The van der Waals surface area contributed by atoms with Crippen molar-refractivity contribution in [1.82, 2.24) is 9.97 Å². The second-order valence-electron chi connectivity index (χ2n) is 5.84. The van der Waals surface area contributed by atoms with E-state index >= 15 is 0 Å². The minimum absolute atomic E-state index is 0.858. The van der Waals surface area contributed by atoms with Crippen LogP contribution in [-0.4, -0.2) is 23.1 Å². The molecule has 4 rings (SSSR count). The normalized spacial score (nSPS) is 13.0. The Morgan fingerprint density at radius 2 is 1.79 bits per heavy atom. The van der Waals surface area contributed by atoms with Gasteiger partial charge in [0, 0.05) is 30.5 Å². The smallest absolute Gasteiger partial charge is 0.138 e. The van der Waals surface area contributed by atoms with E-state index in [1.54, 1.807) is 6.33 Å². The van der Waals surface area contributed by atoms with E-state index in [-0.39, 0.29) is 0 Å². The maximum absolute atomic E-state index is 4.52. The van der Waals surface area contributed by atoms with Gasteiger partial charge in [0.25, 0.3) is 0 Å². The average molecular weight is 316 g/mol. The molecule has 120 valence electrons. The Kier molecular flexibility index (Phi) is 3.87. The highest BCUT2D eigenvalue weighted by molar-refractivity contribution is 5.70. The van der Waals surface area contributed by atoms with Crippen molar-refractivity contribution in [1.29, 1.82) is 0 Å². The molecule has 0 bridgehead atoms. The SMILES string of the molecule is CCN(c1ccccc1)c1cc(N2CCc3ccccc32)ncn1. The molecule has 0 fully saturated rings. The van der Waals surface area contributed by atoms with E-state index < -0.39 is 0 Å². The molecule has 0 N–H and O–H groups in total. The van der Waals surface area contributed by atoms with E-state index in [0.29, 0.717) is 0 Å². The molecular formula is C20H20N4. The third kappa shape index (κ3) is 2.60. The lowest BCUT2D eigenvalue weighted by Gasteiger charge is -2.24. The molecule has 0 spiro atoms. The highest BCUT2D eigenvalue weighted by Gasteiger charge is 2.21. The maximum Gasteiger partial charge on any atom is 0.138 e. The van der Waals surface area contributed by atoms with Gasteiger partial charge in [-0.2, -0.15) is 0 Å². The van der Waals surface area contributed by atoms with Gasteiger partial charge in [-0.05, 0) is 37.1 Å². The van der Waals surface area contributed by atoms with Gasteiger partial charge < -0.3 is 9.80 Å². The summed E-state index contributed by atoms with van der Waals surface area (Å²) in [6, 6.07) is 21.0. The molecule has 1 aliphatic heterocycles. The molecule has 0 amide bonds. The molecule has 24 heavy (non-hydrogen) atoms. The number of hydrogen-bond donors (Lipinski definition) is 0. The summed E-state index contributed by atoms with van der Waals surface area (Å²) in [5.41, 5.74) is 3.78. The number of anilines is 4. The standard InChI is InChI=1S/C20H20N4/c1-2-23(17-9-4-3-5-10-17)19-14-20(22-15-21-19)24-13-12-16-8-6-7-11-18(16)24/h3-11,14-15H,2,12-13H2,1H3. The second kappa shape index (κ2) is 6.32. The minimum atomic E-state index is 0.858. The van der Waals surface area contributed by atoms with E-state index in [4.69, 9.17) is 0 Å². The topological polar surface area (TPSA) is 32.3 Å². The molecular weight excluding hydrogens is 296 g/mol. The number of benzene rings is 2. The number of aromatic nitrogens is 2. The quantitative estimate of drug-likeness (QED) is 0.717. The molecule has 0 atom stereocenters. The molecule has 3 aromatic rings. The van der Waals surface area contributed by atoms with Gasteiger partial charge in [-0.1, -0.05) is 36.4 Å². The van der Waals surface area contributed by atoms with E-state index in [2.05, 4.69) is 81.3 Å². The highest BCUT2D eigenvalue weighted by atomic mass is 15.2. The van der Waals surface area contributed by atoms with Crippen molar-refractivity contribution in [3.05, 3.63) is 72.6 Å². The van der Waals surface area contributed by atoms with Crippen LogP contribution in [0.15, 0.2) is 67.0 Å². The van der Waals surface area contributed by atoms with Crippen LogP contribution in [0, 0.1) is 0 Å².